The quantitative estimate of drug-likeness (QED) is 0.0886. The molecule has 0 spiro atoms. The standard InChI is InChI=1S/C23H21N3S.C12H12N2.C9H7N3S.CH4/c27-19(11-9-18-12-15-25-23-21(18)13-16-26-23)10-8-17-5-1-2-6-20(17)22-7-3-4-14-24-22;13-9-10-5-1-2-6-11(10)12-7-3-4-8-14-12;13-6-10-5-7-1-3-11-9-8(7)2-4-12-9;/h1-7,12-16H,8-11H2,(H,25,26);1-8H,9,13H2;1-4H,5H2,(H,11,12);1H4/i;;;1D. The number of hydrogen-bond acceptors (Lipinski definition) is 8. The Hall–Kier alpha value is -6.03. The van der Waals surface area contributed by atoms with Gasteiger partial charge in [0.05, 0.1) is 23.1 Å². The molecule has 0 saturated carbocycles. The first-order valence-electron chi connectivity index (χ1n) is 18.7. The molecular formula is C45H44N8S2. The van der Waals surface area contributed by atoms with E-state index in [2.05, 4.69) is 94.7 Å². The lowest BCUT2D eigenvalue weighted by atomic mass is 9.97. The number of hydrogen-bond donors (Lipinski definition) is 3. The Balaban J connectivity index is 0.000000174. The van der Waals surface area contributed by atoms with Crippen LogP contribution in [-0.4, -0.2) is 39.9 Å². The molecule has 0 bridgehead atoms. The summed E-state index contributed by atoms with van der Waals surface area (Å²) in [6, 6.07) is 36.6. The molecule has 0 radical (unpaired) electrons. The number of rotatable bonds is 11. The van der Waals surface area contributed by atoms with Crippen molar-refractivity contribution in [2.24, 2.45) is 10.7 Å². The van der Waals surface area contributed by atoms with Crippen molar-refractivity contribution in [3.63, 3.8) is 0 Å². The maximum Gasteiger partial charge on any atom is 0.137 e. The highest BCUT2D eigenvalue weighted by atomic mass is 32.1. The number of aliphatic imine (C=N–C) groups is 1. The number of benzene rings is 2. The molecule has 0 aliphatic heterocycles. The van der Waals surface area contributed by atoms with Crippen LogP contribution in [0.3, 0.4) is 0 Å². The largest absolute Gasteiger partial charge is 0.346 e. The van der Waals surface area contributed by atoms with Gasteiger partial charge in [-0.15, -0.1) is 0 Å². The smallest absolute Gasteiger partial charge is 0.137 e. The number of H-pyrrole nitrogens is 2. The van der Waals surface area contributed by atoms with E-state index in [4.69, 9.17) is 19.3 Å². The number of aromatic amines is 2. The zero-order chi connectivity index (χ0) is 39.4. The Bertz CT molecular complexity index is 2460. The third kappa shape index (κ3) is 11.0. The van der Waals surface area contributed by atoms with Crippen molar-refractivity contribution in [3.8, 4) is 22.5 Å². The topological polar surface area (TPSA) is 122 Å². The predicted molar refractivity (Wildman–Crippen MR) is 234 cm³/mol. The van der Waals surface area contributed by atoms with Crippen LogP contribution >= 0.6 is 24.4 Å². The van der Waals surface area contributed by atoms with E-state index in [-0.39, 0.29) is 0 Å². The van der Waals surface area contributed by atoms with Gasteiger partial charge >= 0.3 is 0 Å². The second-order valence-electron chi connectivity index (χ2n) is 12.3. The summed E-state index contributed by atoms with van der Waals surface area (Å²) in [5.41, 5.74) is 16.7. The van der Waals surface area contributed by atoms with Gasteiger partial charge < -0.3 is 15.7 Å². The van der Waals surface area contributed by atoms with E-state index in [1.165, 1.54) is 29.5 Å². The third-order valence-corrected chi connectivity index (χ3v) is 9.43. The summed E-state index contributed by atoms with van der Waals surface area (Å²) >= 11 is 10.2. The maximum atomic E-state index is 5.75. The lowest BCUT2D eigenvalue weighted by Gasteiger charge is -2.10. The number of aromatic nitrogens is 6. The number of thiocarbonyl (C=S) groups is 2. The zero-order valence-corrected chi connectivity index (χ0v) is 32.4. The number of aryl methyl sites for hydroxylation is 2. The third-order valence-electron chi connectivity index (χ3n) is 8.90. The van der Waals surface area contributed by atoms with Crippen molar-refractivity contribution in [1.82, 2.24) is 29.9 Å². The van der Waals surface area contributed by atoms with Crippen molar-refractivity contribution >= 4 is 56.5 Å². The number of nitrogens with one attached hydrogen (secondary N) is 2. The molecule has 2 aromatic carbocycles. The van der Waals surface area contributed by atoms with Gasteiger partial charge in [-0.3, -0.25) is 9.97 Å². The lowest BCUT2D eigenvalue weighted by Crippen LogP contribution is -2.01. The lowest BCUT2D eigenvalue weighted by molar-refractivity contribution is 0.979. The molecule has 55 heavy (non-hydrogen) atoms. The minimum atomic E-state index is 0.548. The van der Waals surface area contributed by atoms with Gasteiger partial charge in [0.25, 0.3) is 0 Å². The molecule has 0 aliphatic rings. The van der Waals surface area contributed by atoms with Crippen LogP contribution in [0.1, 0.15) is 43.9 Å². The molecule has 0 atom stereocenters. The van der Waals surface area contributed by atoms with Crippen molar-refractivity contribution in [1.29, 1.82) is 0 Å². The minimum Gasteiger partial charge on any atom is -0.346 e. The van der Waals surface area contributed by atoms with Gasteiger partial charge in [-0.05, 0) is 114 Å². The van der Waals surface area contributed by atoms with E-state index in [1.807, 2.05) is 91.5 Å². The monoisotopic (exact) mass is 761 g/mol. The average molecular weight is 762 g/mol. The molecule has 0 unspecified atom stereocenters. The van der Waals surface area contributed by atoms with Crippen LogP contribution in [0.2, 0.25) is 0 Å². The first-order chi connectivity index (χ1) is 27.6. The number of pyridine rings is 4. The summed E-state index contributed by atoms with van der Waals surface area (Å²) in [7, 11) is 1.25. The van der Waals surface area contributed by atoms with Crippen LogP contribution in [0.25, 0.3) is 44.6 Å². The van der Waals surface area contributed by atoms with Crippen LogP contribution in [0.5, 0.6) is 0 Å². The molecule has 0 aliphatic carbocycles. The number of fused-ring (bicyclic) bond motifs is 2. The minimum absolute atomic E-state index is 0.548. The normalized spacial score (nSPS) is 10.4. The molecule has 0 fully saturated rings. The molecule has 6 heterocycles. The number of nitrogens with zero attached hydrogens (tertiary/aromatic N) is 5. The van der Waals surface area contributed by atoms with Crippen molar-refractivity contribution in [2.75, 3.05) is 0 Å². The van der Waals surface area contributed by atoms with Gasteiger partial charge in [0.1, 0.15) is 11.3 Å². The number of nitrogens with two attached hydrogens (primary N) is 1. The van der Waals surface area contributed by atoms with E-state index in [0.29, 0.717) is 13.1 Å². The second-order valence-corrected chi connectivity index (χ2v) is 13.1. The Morgan fingerprint density at radius 1 is 0.618 bits per heavy atom. The van der Waals surface area contributed by atoms with Crippen LogP contribution in [0.15, 0.2) is 151 Å². The van der Waals surface area contributed by atoms with E-state index in [9.17, 15) is 0 Å². The Morgan fingerprint density at radius 2 is 1.13 bits per heavy atom. The highest BCUT2D eigenvalue weighted by Gasteiger charge is 2.09. The summed E-state index contributed by atoms with van der Waals surface area (Å²) < 4.78 is 5.75. The molecule has 276 valence electrons. The Morgan fingerprint density at radius 3 is 1.69 bits per heavy atom. The van der Waals surface area contributed by atoms with Crippen LogP contribution < -0.4 is 5.73 Å². The van der Waals surface area contributed by atoms with Crippen molar-refractivity contribution in [3.05, 3.63) is 169 Å². The summed E-state index contributed by atoms with van der Waals surface area (Å²) in [6.07, 6.45) is 14.8. The van der Waals surface area contributed by atoms with Crippen LogP contribution in [0, 0.1) is 0 Å². The second kappa shape index (κ2) is 21.0. The van der Waals surface area contributed by atoms with Gasteiger partial charge in [0.2, 0.25) is 0 Å². The highest BCUT2D eigenvalue weighted by Crippen LogP contribution is 2.24. The van der Waals surface area contributed by atoms with Crippen LogP contribution in [-0.2, 0) is 25.9 Å². The molecule has 8 nitrogen and oxygen atoms in total. The molecule has 0 amide bonds. The first-order valence-corrected chi connectivity index (χ1v) is 18.5. The maximum absolute atomic E-state index is 5.75. The fraction of sp³-hybridized carbons (Fsp3) is 0.156. The SMILES string of the molecule is NCc1ccccc1-c1ccccn1.S=C(CCc1ccccc1-c1ccccn1)CCc1ccnc2[nH]ccc12.S=C=NCc1ccnc2[nH]ccc12.[2H]C. The van der Waals surface area contributed by atoms with Crippen molar-refractivity contribution < 1.29 is 1.37 Å². The highest BCUT2D eigenvalue weighted by molar-refractivity contribution is 7.80. The Labute approximate surface area is 334 Å². The molecule has 8 rings (SSSR count). The predicted octanol–water partition coefficient (Wildman–Crippen LogP) is 10.6. The molecule has 6 aromatic heterocycles. The van der Waals surface area contributed by atoms with E-state index in [1.54, 1.807) is 12.4 Å². The molecule has 10 heteroatoms. The van der Waals surface area contributed by atoms with E-state index >= 15 is 0 Å². The average Bonchev–Trinajstić information content (AvgIpc) is 3.97. The van der Waals surface area contributed by atoms with Gasteiger partial charge in [0, 0.05) is 67.0 Å². The number of isothiocyanates is 1. The fourth-order valence-corrected chi connectivity index (χ4v) is 6.43. The molecular weight excluding hydrogens is 717 g/mol. The molecule has 8 aromatic rings. The van der Waals surface area contributed by atoms with Gasteiger partial charge in [-0.2, -0.15) is 0 Å². The molecule has 4 N–H and O–H groups in total. The van der Waals surface area contributed by atoms with Crippen LogP contribution in [0.4, 0.5) is 0 Å². The van der Waals surface area contributed by atoms with E-state index in [0.717, 1.165) is 75.3 Å². The van der Waals surface area contributed by atoms with Crippen molar-refractivity contribution in [2.45, 2.75) is 46.2 Å². The molecule has 0 saturated heterocycles. The van der Waals surface area contributed by atoms with Gasteiger partial charge in [0.15, 0.2) is 0 Å². The van der Waals surface area contributed by atoms with Gasteiger partial charge in [-0.1, -0.05) is 80.3 Å². The fourth-order valence-electron chi connectivity index (χ4n) is 6.16. The van der Waals surface area contributed by atoms with E-state index < -0.39 is 0 Å². The summed E-state index contributed by atoms with van der Waals surface area (Å²) in [5.74, 6) is 0. The zero-order valence-electron chi connectivity index (χ0n) is 31.7. The summed E-state index contributed by atoms with van der Waals surface area (Å²) in [4.78, 5) is 28.5. The Kier molecular flexibility index (Phi) is 14.8. The summed E-state index contributed by atoms with van der Waals surface area (Å²) in [5, 5.41) is 4.64. The summed E-state index contributed by atoms with van der Waals surface area (Å²) in [6.45, 7) is 1.12. The van der Waals surface area contributed by atoms with Gasteiger partial charge in [-0.25, -0.2) is 15.0 Å². The first kappa shape index (κ1) is 38.7.